The van der Waals surface area contributed by atoms with Crippen molar-refractivity contribution >= 4 is 50.6 Å². The zero-order chi connectivity index (χ0) is 14.7. The number of hydrogen-bond acceptors (Lipinski definition) is 2. The second kappa shape index (κ2) is 6.15. The van der Waals surface area contributed by atoms with E-state index in [2.05, 4.69) is 21.2 Å². The fourth-order valence-corrected chi connectivity index (χ4v) is 2.26. The van der Waals surface area contributed by atoms with Gasteiger partial charge in [-0.3, -0.25) is 4.90 Å². The number of hydrogen-bond donors (Lipinski definition) is 2. The van der Waals surface area contributed by atoms with Crippen molar-refractivity contribution in [3.63, 3.8) is 0 Å². The van der Waals surface area contributed by atoms with Gasteiger partial charge in [-0.1, -0.05) is 39.7 Å². The molecule has 0 radical (unpaired) electrons. The molecule has 3 N–H and O–H groups in total. The van der Waals surface area contributed by atoms with Crippen molar-refractivity contribution in [3.8, 4) is 0 Å². The van der Waals surface area contributed by atoms with Crippen LogP contribution in [0.5, 0.6) is 0 Å². The van der Waals surface area contributed by atoms with E-state index < -0.39 is 0 Å². The summed E-state index contributed by atoms with van der Waals surface area (Å²) in [6, 6.07) is 12.1. The molecule has 0 saturated heterocycles. The van der Waals surface area contributed by atoms with Crippen molar-refractivity contribution in [2.75, 3.05) is 23.0 Å². The number of benzene rings is 2. The Morgan fingerprint density at radius 2 is 2.00 bits per heavy atom. The average molecular weight is 355 g/mol. The number of amides is 2. The molecule has 0 atom stereocenters. The molecule has 0 bridgehead atoms. The van der Waals surface area contributed by atoms with E-state index in [0.29, 0.717) is 22.1 Å². The number of nitrogen functional groups attached to an aromatic ring is 1. The number of anilines is 3. The third kappa shape index (κ3) is 3.23. The Bertz CT molecular complexity index is 648. The van der Waals surface area contributed by atoms with Gasteiger partial charge in [0.2, 0.25) is 0 Å². The summed E-state index contributed by atoms with van der Waals surface area (Å²) in [5.74, 6) is 0. The molecule has 20 heavy (non-hydrogen) atoms. The third-order valence-electron chi connectivity index (χ3n) is 2.77. The monoisotopic (exact) mass is 353 g/mol. The van der Waals surface area contributed by atoms with Gasteiger partial charge < -0.3 is 11.1 Å². The van der Waals surface area contributed by atoms with Crippen molar-refractivity contribution in [3.05, 3.63) is 52.0 Å². The summed E-state index contributed by atoms with van der Waals surface area (Å²) >= 11 is 9.34. The maximum atomic E-state index is 12.2. The number of carbonyl (C=O) groups excluding carboxylic acids is 1. The minimum Gasteiger partial charge on any atom is -0.397 e. The van der Waals surface area contributed by atoms with E-state index in [9.17, 15) is 4.79 Å². The standard InChI is InChI=1S/C14H13BrClN3O/c1-19(13-7-6-9(15)8-11(13)17)14(20)18-12-5-3-2-4-10(12)16/h2-8H,17H2,1H3,(H,18,20). The molecule has 2 amide bonds. The average Bonchev–Trinajstić information content (AvgIpc) is 2.40. The van der Waals surface area contributed by atoms with E-state index in [1.165, 1.54) is 4.90 Å². The van der Waals surface area contributed by atoms with Crippen molar-refractivity contribution in [1.82, 2.24) is 0 Å². The summed E-state index contributed by atoms with van der Waals surface area (Å²) in [7, 11) is 1.64. The smallest absolute Gasteiger partial charge is 0.326 e. The number of carbonyl (C=O) groups is 1. The lowest BCUT2D eigenvalue weighted by atomic mass is 10.2. The first kappa shape index (κ1) is 14.7. The number of halogens is 2. The number of nitrogens with two attached hydrogens (primary N) is 1. The molecule has 104 valence electrons. The van der Waals surface area contributed by atoms with Crippen LogP contribution in [0.25, 0.3) is 0 Å². The quantitative estimate of drug-likeness (QED) is 0.788. The molecular weight excluding hydrogens is 342 g/mol. The van der Waals surface area contributed by atoms with E-state index in [4.69, 9.17) is 17.3 Å². The van der Waals surface area contributed by atoms with Crippen LogP contribution in [0.3, 0.4) is 0 Å². The van der Waals surface area contributed by atoms with Crippen LogP contribution < -0.4 is 16.0 Å². The number of nitrogens with one attached hydrogen (secondary N) is 1. The summed E-state index contributed by atoms with van der Waals surface area (Å²) < 4.78 is 0.860. The molecule has 6 heteroatoms. The van der Waals surface area contributed by atoms with Gasteiger partial charge in [-0.25, -0.2) is 4.79 Å². The molecule has 0 fully saturated rings. The van der Waals surface area contributed by atoms with Gasteiger partial charge in [0.1, 0.15) is 0 Å². The van der Waals surface area contributed by atoms with Crippen LogP contribution in [-0.2, 0) is 0 Å². The molecule has 0 aliphatic rings. The molecule has 0 unspecified atom stereocenters. The minimum atomic E-state index is -0.313. The Labute approximate surface area is 130 Å². The Morgan fingerprint density at radius 3 is 2.65 bits per heavy atom. The van der Waals surface area contributed by atoms with E-state index in [1.54, 1.807) is 43.4 Å². The first-order chi connectivity index (χ1) is 9.49. The summed E-state index contributed by atoms with van der Waals surface area (Å²) in [4.78, 5) is 13.6. The van der Waals surface area contributed by atoms with E-state index in [-0.39, 0.29) is 6.03 Å². The largest absolute Gasteiger partial charge is 0.397 e. The number of para-hydroxylation sites is 1. The van der Waals surface area contributed by atoms with Crippen LogP contribution in [0.15, 0.2) is 46.9 Å². The van der Waals surface area contributed by atoms with Gasteiger partial charge >= 0.3 is 6.03 Å². The van der Waals surface area contributed by atoms with E-state index >= 15 is 0 Å². The Balaban J connectivity index is 2.19. The fourth-order valence-electron chi connectivity index (χ4n) is 1.70. The summed E-state index contributed by atoms with van der Waals surface area (Å²) in [5, 5.41) is 3.22. The summed E-state index contributed by atoms with van der Waals surface area (Å²) in [6.45, 7) is 0. The molecule has 0 spiro atoms. The zero-order valence-electron chi connectivity index (χ0n) is 10.7. The fraction of sp³-hybridized carbons (Fsp3) is 0.0714. The van der Waals surface area contributed by atoms with Gasteiger partial charge in [0.15, 0.2) is 0 Å². The first-order valence-corrected chi connectivity index (χ1v) is 7.00. The van der Waals surface area contributed by atoms with Gasteiger partial charge in [0.25, 0.3) is 0 Å². The minimum absolute atomic E-state index is 0.313. The highest BCUT2D eigenvalue weighted by atomic mass is 79.9. The third-order valence-corrected chi connectivity index (χ3v) is 3.59. The van der Waals surface area contributed by atoms with Crippen molar-refractivity contribution < 1.29 is 4.79 Å². The Morgan fingerprint density at radius 1 is 1.30 bits per heavy atom. The van der Waals surface area contributed by atoms with Crippen LogP contribution in [0, 0.1) is 0 Å². The molecule has 2 aromatic rings. The number of nitrogens with zero attached hydrogens (tertiary/aromatic N) is 1. The summed E-state index contributed by atoms with van der Waals surface area (Å²) in [5.41, 5.74) is 7.60. The molecule has 0 aliphatic carbocycles. The lowest BCUT2D eigenvalue weighted by molar-refractivity contribution is 0.258. The van der Waals surface area contributed by atoms with Crippen molar-refractivity contribution in [2.24, 2.45) is 0 Å². The highest BCUT2D eigenvalue weighted by Crippen LogP contribution is 2.27. The summed E-state index contributed by atoms with van der Waals surface area (Å²) in [6.07, 6.45) is 0. The molecule has 0 aliphatic heterocycles. The highest BCUT2D eigenvalue weighted by Gasteiger charge is 2.14. The Kier molecular flexibility index (Phi) is 4.52. The predicted octanol–water partition coefficient (Wildman–Crippen LogP) is 4.35. The van der Waals surface area contributed by atoms with Crippen molar-refractivity contribution in [1.29, 1.82) is 0 Å². The second-order valence-electron chi connectivity index (χ2n) is 4.17. The van der Waals surface area contributed by atoms with Crippen LogP contribution >= 0.6 is 27.5 Å². The maximum Gasteiger partial charge on any atom is 0.326 e. The van der Waals surface area contributed by atoms with Crippen LogP contribution in [0.2, 0.25) is 5.02 Å². The van der Waals surface area contributed by atoms with Crippen molar-refractivity contribution in [2.45, 2.75) is 0 Å². The van der Waals surface area contributed by atoms with Gasteiger partial charge in [-0.15, -0.1) is 0 Å². The van der Waals surface area contributed by atoms with Gasteiger partial charge in [0, 0.05) is 11.5 Å². The molecule has 0 aromatic heterocycles. The van der Waals surface area contributed by atoms with E-state index in [0.717, 1.165) is 4.47 Å². The van der Waals surface area contributed by atoms with E-state index in [1.807, 2.05) is 6.07 Å². The predicted molar refractivity (Wildman–Crippen MR) is 87.4 cm³/mol. The van der Waals surface area contributed by atoms with Gasteiger partial charge in [-0.05, 0) is 30.3 Å². The molecular formula is C14H13BrClN3O. The topological polar surface area (TPSA) is 58.4 Å². The van der Waals surface area contributed by atoms with Crippen LogP contribution in [-0.4, -0.2) is 13.1 Å². The molecule has 0 saturated carbocycles. The number of rotatable bonds is 2. The molecule has 2 aromatic carbocycles. The lowest BCUT2D eigenvalue weighted by Crippen LogP contribution is -2.31. The first-order valence-electron chi connectivity index (χ1n) is 5.83. The molecule has 0 heterocycles. The van der Waals surface area contributed by atoms with Crippen LogP contribution in [0.4, 0.5) is 21.9 Å². The lowest BCUT2D eigenvalue weighted by Gasteiger charge is -2.20. The Hall–Kier alpha value is -1.72. The SMILES string of the molecule is CN(C(=O)Nc1ccccc1Cl)c1ccc(Br)cc1N. The van der Waals surface area contributed by atoms with Gasteiger partial charge in [-0.2, -0.15) is 0 Å². The normalized spacial score (nSPS) is 10.2. The van der Waals surface area contributed by atoms with Gasteiger partial charge in [0.05, 0.1) is 22.1 Å². The molecule has 4 nitrogen and oxygen atoms in total. The number of urea groups is 1. The highest BCUT2D eigenvalue weighted by molar-refractivity contribution is 9.10. The molecule has 2 rings (SSSR count). The second-order valence-corrected chi connectivity index (χ2v) is 5.50. The maximum absolute atomic E-state index is 12.2. The van der Waals surface area contributed by atoms with Crippen LogP contribution in [0.1, 0.15) is 0 Å². The zero-order valence-corrected chi connectivity index (χ0v) is 13.1.